The lowest BCUT2D eigenvalue weighted by molar-refractivity contribution is 0.0519. The van der Waals surface area contributed by atoms with E-state index in [9.17, 15) is 4.79 Å². The minimum Gasteiger partial charge on any atom is -0.461 e. The zero-order chi connectivity index (χ0) is 13.9. The van der Waals surface area contributed by atoms with Crippen molar-refractivity contribution in [3.05, 3.63) is 41.3 Å². The van der Waals surface area contributed by atoms with Crippen molar-refractivity contribution in [2.45, 2.75) is 36.3 Å². The minimum absolute atomic E-state index is 0.218. The average molecular weight is 289 g/mol. The highest BCUT2D eigenvalue weighted by Crippen LogP contribution is 2.31. The molecule has 1 aromatic carbocycles. The van der Waals surface area contributed by atoms with Crippen LogP contribution in [0, 0.1) is 0 Å². The Morgan fingerprint density at radius 3 is 3.10 bits per heavy atom. The molecule has 0 fully saturated rings. The van der Waals surface area contributed by atoms with Crippen LogP contribution in [-0.2, 0) is 17.6 Å². The van der Waals surface area contributed by atoms with Gasteiger partial charge in [0.05, 0.1) is 6.61 Å². The molecule has 20 heavy (non-hydrogen) atoms. The molecular weight excluding hydrogens is 274 g/mol. The van der Waals surface area contributed by atoms with Crippen LogP contribution in [0.3, 0.4) is 0 Å². The van der Waals surface area contributed by atoms with Gasteiger partial charge >= 0.3 is 5.97 Å². The number of hydrogen-bond donors (Lipinski definition) is 0. The molecule has 0 spiro atoms. The third-order valence-corrected chi connectivity index (χ3v) is 4.09. The molecule has 5 heteroatoms. The van der Waals surface area contributed by atoms with E-state index in [4.69, 9.17) is 9.15 Å². The van der Waals surface area contributed by atoms with E-state index in [2.05, 4.69) is 23.2 Å². The van der Waals surface area contributed by atoms with Gasteiger partial charge in [0.25, 0.3) is 5.22 Å². The molecule has 104 valence electrons. The first-order valence-electron chi connectivity index (χ1n) is 6.68. The number of ether oxygens (including phenoxy) is 1. The van der Waals surface area contributed by atoms with Crippen LogP contribution >= 0.6 is 11.8 Å². The second kappa shape index (κ2) is 5.71. The first-order chi connectivity index (χ1) is 9.76. The van der Waals surface area contributed by atoms with Crippen LogP contribution in [-0.4, -0.2) is 17.6 Å². The van der Waals surface area contributed by atoms with Crippen LogP contribution in [0.1, 0.15) is 35.0 Å². The Labute approximate surface area is 121 Å². The van der Waals surface area contributed by atoms with Gasteiger partial charge < -0.3 is 9.15 Å². The number of aryl methyl sites for hydroxylation is 2. The maximum Gasteiger partial charge on any atom is 0.360 e. The van der Waals surface area contributed by atoms with Crippen LogP contribution in [0.2, 0.25) is 0 Å². The van der Waals surface area contributed by atoms with Gasteiger partial charge in [0.1, 0.15) is 6.26 Å². The summed E-state index contributed by atoms with van der Waals surface area (Å²) >= 11 is 1.42. The van der Waals surface area contributed by atoms with Gasteiger partial charge in [-0.15, -0.1) is 0 Å². The molecule has 0 unspecified atom stereocenters. The largest absolute Gasteiger partial charge is 0.461 e. The van der Waals surface area contributed by atoms with Crippen molar-refractivity contribution < 1.29 is 13.9 Å². The van der Waals surface area contributed by atoms with Gasteiger partial charge in [0, 0.05) is 4.90 Å². The highest BCUT2D eigenvalue weighted by molar-refractivity contribution is 7.99. The van der Waals surface area contributed by atoms with E-state index in [1.54, 1.807) is 6.92 Å². The number of benzene rings is 1. The molecule has 2 aromatic rings. The predicted molar refractivity (Wildman–Crippen MR) is 75.0 cm³/mol. The van der Waals surface area contributed by atoms with E-state index >= 15 is 0 Å². The van der Waals surface area contributed by atoms with Gasteiger partial charge in [-0.2, -0.15) is 4.98 Å². The van der Waals surface area contributed by atoms with Crippen molar-refractivity contribution in [2.75, 3.05) is 6.61 Å². The number of carbonyl (C=O) groups is 1. The summed E-state index contributed by atoms with van der Waals surface area (Å²) in [5, 5.41) is 0.464. The summed E-state index contributed by atoms with van der Waals surface area (Å²) in [5.41, 5.74) is 3.07. The second-order valence-corrected chi connectivity index (χ2v) is 5.63. The highest BCUT2D eigenvalue weighted by atomic mass is 32.2. The number of carbonyl (C=O) groups excluding carboxylic acids is 1. The number of esters is 1. The van der Waals surface area contributed by atoms with Crippen molar-refractivity contribution in [3.63, 3.8) is 0 Å². The SMILES string of the molecule is CCOC(=O)c1coc(Sc2ccc3c(c2)CCC3)n1. The summed E-state index contributed by atoms with van der Waals surface area (Å²) in [4.78, 5) is 16.7. The van der Waals surface area contributed by atoms with Gasteiger partial charge in [-0.25, -0.2) is 4.79 Å². The van der Waals surface area contributed by atoms with E-state index in [-0.39, 0.29) is 5.69 Å². The van der Waals surface area contributed by atoms with Crippen molar-refractivity contribution >= 4 is 17.7 Å². The average Bonchev–Trinajstić information content (AvgIpc) is 3.07. The molecule has 0 aliphatic heterocycles. The van der Waals surface area contributed by atoms with Gasteiger partial charge in [0.2, 0.25) is 0 Å². The number of hydrogen-bond acceptors (Lipinski definition) is 5. The van der Waals surface area contributed by atoms with Gasteiger partial charge in [-0.05, 0) is 61.2 Å². The maximum atomic E-state index is 11.5. The maximum absolute atomic E-state index is 11.5. The Bertz CT molecular complexity index is 636. The van der Waals surface area contributed by atoms with Gasteiger partial charge in [-0.3, -0.25) is 0 Å². The molecule has 4 nitrogen and oxygen atoms in total. The summed E-state index contributed by atoms with van der Waals surface area (Å²) in [6.07, 6.45) is 4.89. The number of fused-ring (bicyclic) bond motifs is 1. The van der Waals surface area contributed by atoms with Crippen molar-refractivity contribution in [3.8, 4) is 0 Å². The van der Waals surface area contributed by atoms with Crippen LogP contribution < -0.4 is 0 Å². The number of aromatic nitrogens is 1. The molecule has 0 atom stereocenters. The first-order valence-corrected chi connectivity index (χ1v) is 7.50. The molecule has 1 aliphatic carbocycles. The third-order valence-electron chi connectivity index (χ3n) is 3.24. The summed E-state index contributed by atoms with van der Waals surface area (Å²) in [7, 11) is 0. The van der Waals surface area contributed by atoms with E-state index in [0.717, 1.165) is 11.3 Å². The summed E-state index contributed by atoms with van der Waals surface area (Å²) in [5.74, 6) is -0.447. The number of oxazole rings is 1. The molecule has 0 amide bonds. The van der Waals surface area contributed by atoms with E-state index < -0.39 is 5.97 Å². The van der Waals surface area contributed by atoms with Crippen LogP contribution in [0.4, 0.5) is 0 Å². The van der Waals surface area contributed by atoms with Gasteiger partial charge in [0.15, 0.2) is 5.69 Å². The fourth-order valence-corrected chi connectivity index (χ4v) is 3.09. The molecule has 3 rings (SSSR count). The molecule has 0 N–H and O–H groups in total. The fraction of sp³-hybridized carbons (Fsp3) is 0.333. The molecule has 1 aliphatic rings. The Morgan fingerprint density at radius 1 is 1.40 bits per heavy atom. The van der Waals surface area contributed by atoms with Crippen LogP contribution in [0.5, 0.6) is 0 Å². The monoisotopic (exact) mass is 289 g/mol. The number of nitrogens with zero attached hydrogens (tertiary/aromatic N) is 1. The first kappa shape index (κ1) is 13.2. The fourth-order valence-electron chi connectivity index (χ4n) is 2.32. The summed E-state index contributed by atoms with van der Waals surface area (Å²) in [6.45, 7) is 2.09. The lowest BCUT2D eigenvalue weighted by Crippen LogP contribution is -2.04. The Morgan fingerprint density at radius 2 is 2.25 bits per heavy atom. The van der Waals surface area contributed by atoms with Crippen molar-refractivity contribution in [1.29, 1.82) is 0 Å². The molecular formula is C15H15NO3S. The molecule has 0 saturated carbocycles. The van der Waals surface area contributed by atoms with Gasteiger partial charge in [-0.1, -0.05) is 6.07 Å². The smallest absolute Gasteiger partial charge is 0.360 e. The molecule has 1 heterocycles. The molecule has 1 aromatic heterocycles. The van der Waals surface area contributed by atoms with Crippen molar-refractivity contribution in [2.24, 2.45) is 0 Å². The van der Waals surface area contributed by atoms with Crippen LogP contribution in [0.25, 0.3) is 0 Å². The standard InChI is InChI=1S/C15H15NO3S/c1-2-18-14(17)13-9-19-15(16-13)20-12-7-6-10-4-3-5-11(10)8-12/h6-9H,2-5H2,1H3. The predicted octanol–water partition coefficient (Wildman–Crippen LogP) is 3.49. The molecule has 0 bridgehead atoms. The molecule has 0 radical (unpaired) electrons. The zero-order valence-electron chi connectivity index (χ0n) is 11.2. The minimum atomic E-state index is -0.447. The van der Waals surface area contributed by atoms with Crippen molar-refractivity contribution in [1.82, 2.24) is 4.98 Å². The van der Waals surface area contributed by atoms with Crippen LogP contribution in [0.15, 0.2) is 39.0 Å². The van der Waals surface area contributed by atoms with E-state index in [0.29, 0.717) is 11.8 Å². The topological polar surface area (TPSA) is 52.3 Å². The number of rotatable bonds is 4. The lowest BCUT2D eigenvalue weighted by atomic mass is 10.1. The second-order valence-electron chi connectivity index (χ2n) is 4.61. The third kappa shape index (κ3) is 2.72. The van der Waals surface area contributed by atoms with E-state index in [1.807, 2.05) is 0 Å². The quantitative estimate of drug-likeness (QED) is 0.806. The highest BCUT2D eigenvalue weighted by Gasteiger charge is 2.15. The van der Waals surface area contributed by atoms with E-state index in [1.165, 1.54) is 42.0 Å². The summed E-state index contributed by atoms with van der Waals surface area (Å²) in [6, 6.07) is 6.42. The Hall–Kier alpha value is -1.75. The normalized spacial score (nSPS) is 13.2. The molecule has 0 saturated heterocycles. The Kier molecular flexibility index (Phi) is 3.78. The Balaban J connectivity index is 1.73. The zero-order valence-corrected chi connectivity index (χ0v) is 12.0. The summed E-state index contributed by atoms with van der Waals surface area (Å²) < 4.78 is 10.2. The lowest BCUT2D eigenvalue weighted by Gasteiger charge is -2.01.